The molecule has 1 rings (SSSR count). The second-order valence-electron chi connectivity index (χ2n) is 2.81. The standard InChI is InChI=1S/C10H7F2NO2/c1-6-2-7(4-13)3-9(8(6)5-14)15-10(11)12/h2-3,5,10H,1H3. The van der Waals surface area contributed by atoms with E-state index in [4.69, 9.17) is 5.26 Å². The first-order chi connectivity index (χ1) is 7.08. The van der Waals surface area contributed by atoms with Crippen LogP contribution in [0.25, 0.3) is 0 Å². The van der Waals surface area contributed by atoms with Gasteiger partial charge in [-0.1, -0.05) is 0 Å². The average molecular weight is 211 g/mol. The van der Waals surface area contributed by atoms with Crippen molar-refractivity contribution in [2.24, 2.45) is 0 Å². The van der Waals surface area contributed by atoms with E-state index in [1.54, 1.807) is 13.0 Å². The fourth-order valence-electron chi connectivity index (χ4n) is 1.18. The van der Waals surface area contributed by atoms with Gasteiger partial charge in [-0.3, -0.25) is 4.79 Å². The Morgan fingerprint density at radius 1 is 1.53 bits per heavy atom. The lowest BCUT2D eigenvalue weighted by molar-refractivity contribution is -0.0501. The van der Waals surface area contributed by atoms with Crippen molar-refractivity contribution < 1.29 is 18.3 Å². The van der Waals surface area contributed by atoms with E-state index in [-0.39, 0.29) is 16.9 Å². The third kappa shape index (κ3) is 2.50. The van der Waals surface area contributed by atoms with Crippen LogP contribution in [0.5, 0.6) is 5.75 Å². The normalized spacial score (nSPS) is 9.80. The van der Waals surface area contributed by atoms with Gasteiger partial charge in [0, 0.05) is 0 Å². The van der Waals surface area contributed by atoms with Crippen LogP contribution >= 0.6 is 0 Å². The number of aryl methyl sites for hydroxylation is 1. The molecule has 3 nitrogen and oxygen atoms in total. The lowest BCUT2D eigenvalue weighted by atomic mass is 10.1. The molecule has 0 saturated carbocycles. The van der Waals surface area contributed by atoms with E-state index in [9.17, 15) is 13.6 Å². The van der Waals surface area contributed by atoms with Gasteiger partial charge in [0.1, 0.15) is 5.75 Å². The summed E-state index contributed by atoms with van der Waals surface area (Å²) in [6.45, 7) is -1.47. The molecule has 0 spiro atoms. The second-order valence-corrected chi connectivity index (χ2v) is 2.81. The van der Waals surface area contributed by atoms with Crippen molar-refractivity contribution >= 4 is 6.29 Å². The number of hydrogen-bond donors (Lipinski definition) is 0. The number of nitriles is 1. The van der Waals surface area contributed by atoms with Crippen molar-refractivity contribution in [1.29, 1.82) is 5.26 Å². The van der Waals surface area contributed by atoms with Gasteiger partial charge in [0.15, 0.2) is 6.29 Å². The summed E-state index contributed by atoms with van der Waals surface area (Å²) in [6.07, 6.45) is 0.425. The Morgan fingerprint density at radius 2 is 2.20 bits per heavy atom. The molecule has 15 heavy (non-hydrogen) atoms. The van der Waals surface area contributed by atoms with Crippen LogP contribution in [0.4, 0.5) is 8.78 Å². The Morgan fingerprint density at radius 3 is 2.67 bits per heavy atom. The van der Waals surface area contributed by atoms with Crippen LogP contribution in [0.2, 0.25) is 0 Å². The van der Waals surface area contributed by atoms with Gasteiger partial charge in [0.05, 0.1) is 17.2 Å². The highest BCUT2D eigenvalue weighted by Crippen LogP contribution is 2.24. The van der Waals surface area contributed by atoms with Crippen molar-refractivity contribution in [1.82, 2.24) is 0 Å². The highest BCUT2D eigenvalue weighted by Gasteiger charge is 2.12. The number of aldehydes is 1. The second kappa shape index (κ2) is 4.51. The molecule has 5 heteroatoms. The zero-order valence-electron chi connectivity index (χ0n) is 7.83. The molecule has 0 aliphatic carbocycles. The van der Waals surface area contributed by atoms with Crippen LogP contribution in [-0.4, -0.2) is 12.9 Å². The van der Waals surface area contributed by atoms with Crippen LogP contribution in [-0.2, 0) is 0 Å². The van der Waals surface area contributed by atoms with E-state index in [1.807, 2.05) is 0 Å². The summed E-state index contributed by atoms with van der Waals surface area (Å²) in [6, 6.07) is 4.34. The summed E-state index contributed by atoms with van der Waals surface area (Å²) in [5, 5.41) is 8.60. The number of alkyl halides is 2. The highest BCUT2D eigenvalue weighted by molar-refractivity contribution is 5.82. The van der Waals surface area contributed by atoms with E-state index in [0.29, 0.717) is 11.8 Å². The molecule has 0 heterocycles. The van der Waals surface area contributed by atoms with Crippen LogP contribution in [0.1, 0.15) is 21.5 Å². The number of ether oxygens (including phenoxy) is 1. The smallest absolute Gasteiger partial charge is 0.387 e. The average Bonchev–Trinajstić information content (AvgIpc) is 2.16. The van der Waals surface area contributed by atoms with Crippen LogP contribution < -0.4 is 4.74 Å². The molecule has 0 saturated heterocycles. The molecule has 0 fully saturated rings. The molecule has 0 aliphatic heterocycles. The number of halogens is 2. The maximum atomic E-state index is 12.0. The fourth-order valence-corrected chi connectivity index (χ4v) is 1.18. The quantitative estimate of drug-likeness (QED) is 0.720. The molecule has 0 unspecified atom stereocenters. The predicted molar refractivity (Wildman–Crippen MR) is 47.9 cm³/mol. The zero-order valence-corrected chi connectivity index (χ0v) is 7.83. The molecule has 0 radical (unpaired) electrons. The molecule has 78 valence electrons. The fraction of sp³-hybridized carbons (Fsp3) is 0.200. The Kier molecular flexibility index (Phi) is 3.34. The summed E-state index contributed by atoms with van der Waals surface area (Å²) in [7, 11) is 0. The summed E-state index contributed by atoms with van der Waals surface area (Å²) in [4.78, 5) is 10.6. The van der Waals surface area contributed by atoms with Crippen molar-refractivity contribution in [3.05, 3.63) is 28.8 Å². The Balaban J connectivity index is 3.27. The molecule has 1 aromatic rings. The van der Waals surface area contributed by atoms with Gasteiger partial charge in [-0.15, -0.1) is 0 Å². The van der Waals surface area contributed by atoms with Crippen LogP contribution in [0.15, 0.2) is 12.1 Å². The van der Waals surface area contributed by atoms with Crippen molar-refractivity contribution in [3.63, 3.8) is 0 Å². The maximum absolute atomic E-state index is 12.0. The number of nitrogens with zero attached hydrogens (tertiary/aromatic N) is 1. The van der Waals surface area contributed by atoms with Crippen molar-refractivity contribution in [3.8, 4) is 11.8 Å². The van der Waals surface area contributed by atoms with Crippen molar-refractivity contribution in [2.45, 2.75) is 13.5 Å². The third-order valence-corrected chi connectivity index (χ3v) is 1.81. The minimum absolute atomic E-state index is 0.0364. The van der Waals surface area contributed by atoms with Crippen molar-refractivity contribution in [2.75, 3.05) is 0 Å². The van der Waals surface area contributed by atoms with Gasteiger partial charge in [-0.2, -0.15) is 14.0 Å². The monoisotopic (exact) mass is 211 g/mol. The summed E-state index contributed by atoms with van der Waals surface area (Å²) in [5.41, 5.74) is 0.641. The number of carbonyl (C=O) groups is 1. The topological polar surface area (TPSA) is 50.1 Å². The molecule has 1 aromatic carbocycles. The molecule has 0 aromatic heterocycles. The lowest BCUT2D eigenvalue weighted by Gasteiger charge is -2.09. The van der Waals surface area contributed by atoms with E-state index < -0.39 is 6.61 Å². The molecule has 0 atom stereocenters. The Labute approximate surface area is 84.9 Å². The number of carbonyl (C=O) groups excluding carboxylic acids is 1. The van der Waals surface area contributed by atoms with Crippen LogP contribution in [0.3, 0.4) is 0 Å². The molecule has 0 N–H and O–H groups in total. The summed E-state index contributed by atoms with van der Waals surface area (Å²) < 4.78 is 28.1. The molecular formula is C10H7F2NO2. The van der Waals surface area contributed by atoms with Gasteiger partial charge >= 0.3 is 6.61 Å². The minimum atomic E-state index is -3.02. The van der Waals surface area contributed by atoms with E-state index >= 15 is 0 Å². The minimum Gasteiger partial charge on any atom is -0.434 e. The van der Waals surface area contributed by atoms with Gasteiger partial charge in [-0.25, -0.2) is 0 Å². The number of hydrogen-bond acceptors (Lipinski definition) is 3. The van der Waals surface area contributed by atoms with Gasteiger partial charge in [-0.05, 0) is 24.6 Å². The third-order valence-electron chi connectivity index (χ3n) is 1.81. The number of rotatable bonds is 3. The summed E-state index contributed by atoms with van der Waals surface area (Å²) in [5.74, 6) is -0.267. The van der Waals surface area contributed by atoms with E-state index in [2.05, 4.69) is 4.74 Å². The molecule has 0 bridgehead atoms. The first kappa shape index (κ1) is 11.1. The highest BCUT2D eigenvalue weighted by atomic mass is 19.3. The van der Waals surface area contributed by atoms with E-state index in [1.165, 1.54) is 6.07 Å². The maximum Gasteiger partial charge on any atom is 0.387 e. The largest absolute Gasteiger partial charge is 0.434 e. The first-order valence-corrected chi connectivity index (χ1v) is 4.03. The van der Waals surface area contributed by atoms with E-state index in [0.717, 1.165) is 6.07 Å². The Bertz CT molecular complexity index is 424. The molecule has 0 aliphatic rings. The van der Waals surface area contributed by atoms with Gasteiger partial charge in [0.2, 0.25) is 0 Å². The number of benzene rings is 1. The zero-order chi connectivity index (χ0) is 11.4. The van der Waals surface area contributed by atoms with Gasteiger partial charge in [0.25, 0.3) is 0 Å². The SMILES string of the molecule is Cc1cc(C#N)cc(OC(F)F)c1C=O. The molecule has 0 amide bonds. The van der Waals surface area contributed by atoms with Gasteiger partial charge < -0.3 is 4.74 Å². The van der Waals surface area contributed by atoms with Crippen LogP contribution in [0, 0.1) is 18.3 Å². The predicted octanol–water partition coefficient (Wildman–Crippen LogP) is 2.28. The molecular weight excluding hydrogens is 204 g/mol. The first-order valence-electron chi connectivity index (χ1n) is 4.03. The Hall–Kier alpha value is -1.96. The lowest BCUT2D eigenvalue weighted by Crippen LogP contribution is -2.05. The summed E-state index contributed by atoms with van der Waals surface area (Å²) >= 11 is 0.